The van der Waals surface area contributed by atoms with E-state index in [4.69, 9.17) is 11.6 Å². The van der Waals surface area contributed by atoms with Gasteiger partial charge in [-0.1, -0.05) is 50.1 Å². The van der Waals surface area contributed by atoms with Gasteiger partial charge in [-0.25, -0.2) is 0 Å². The summed E-state index contributed by atoms with van der Waals surface area (Å²) in [6.07, 6.45) is 11.0. The number of nitrogens with one attached hydrogen (secondary N) is 1. The molecule has 0 amide bonds. The van der Waals surface area contributed by atoms with E-state index >= 15 is 0 Å². The first-order valence-electron chi connectivity index (χ1n) is 9.97. The van der Waals surface area contributed by atoms with Gasteiger partial charge >= 0.3 is 0 Å². The molecule has 0 radical (unpaired) electrons. The maximum Gasteiger partial charge on any atom is 0.108 e. The fraction of sp³-hybridized carbons (Fsp3) is 0.208. The Morgan fingerprint density at radius 3 is 2.67 bits per heavy atom. The van der Waals surface area contributed by atoms with Gasteiger partial charge in [0.25, 0.3) is 0 Å². The molecule has 0 aliphatic carbocycles. The second-order valence-corrected chi connectivity index (χ2v) is 8.85. The molecule has 4 heterocycles. The van der Waals surface area contributed by atoms with Crippen molar-refractivity contribution in [2.24, 2.45) is 0 Å². The predicted octanol–water partition coefficient (Wildman–Crippen LogP) is 6.83. The average molecular weight is 437 g/mol. The van der Waals surface area contributed by atoms with Crippen molar-refractivity contribution in [3.63, 3.8) is 0 Å². The molecule has 4 rings (SSSR count). The van der Waals surface area contributed by atoms with Crippen LogP contribution in [0.4, 0.5) is 17.1 Å². The van der Waals surface area contributed by atoms with E-state index in [0.29, 0.717) is 5.03 Å². The lowest BCUT2D eigenvalue weighted by atomic mass is 10.1. The van der Waals surface area contributed by atoms with Gasteiger partial charge in [-0.2, -0.15) is 0 Å². The number of anilines is 3. The predicted molar refractivity (Wildman–Crippen MR) is 132 cm³/mol. The lowest BCUT2D eigenvalue weighted by Gasteiger charge is -2.37. The van der Waals surface area contributed by atoms with E-state index in [9.17, 15) is 0 Å². The van der Waals surface area contributed by atoms with E-state index in [1.807, 2.05) is 18.5 Å². The van der Waals surface area contributed by atoms with Gasteiger partial charge in [0, 0.05) is 34.8 Å². The number of aromatic nitrogens is 1. The molecule has 0 unspecified atom stereocenters. The fourth-order valence-electron chi connectivity index (χ4n) is 3.97. The first-order valence-corrected chi connectivity index (χ1v) is 11.2. The molecule has 1 N–H and O–H groups in total. The monoisotopic (exact) mass is 436 g/mol. The van der Waals surface area contributed by atoms with E-state index in [2.05, 4.69) is 58.5 Å². The van der Waals surface area contributed by atoms with Crippen LogP contribution >= 0.6 is 22.9 Å². The van der Waals surface area contributed by atoms with Gasteiger partial charge < -0.3 is 10.2 Å². The van der Waals surface area contributed by atoms with Crippen molar-refractivity contribution in [2.75, 3.05) is 28.2 Å². The van der Waals surface area contributed by atoms with Gasteiger partial charge in [0.2, 0.25) is 0 Å². The van der Waals surface area contributed by atoms with Crippen LogP contribution in [0.2, 0.25) is 0 Å². The van der Waals surface area contributed by atoms with Crippen LogP contribution in [-0.4, -0.2) is 18.1 Å². The van der Waals surface area contributed by atoms with Crippen molar-refractivity contribution in [2.45, 2.75) is 19.3 Å². The molecule has 0 aromatic carbocycles. The highest BCUT2D eigenvalue weighted by atomic mass is 35.5. The van der Waals surface area contributed by atoms with Crippen molar-refractivity contribution in [3.05, 3.63) is 83.6 Å². The second-order valence-electron chi connectivity index (χ2n) is 7.34. The SMILES string of the molecule is C=C/C=C(\C(=C)Cl)c1cc2c(s1)C(=C)N(c1cnccc1N1CCCCC1)C(=C)N2. The van der Waals surface area contributed by atoms with Crippen molar-refractivity contribution in [1.82, 2.24) is 4.98 Å². The molecule has 4 nitrogen and oxygen atoms in total. The van der Waals surface area contributed by atoms with E-state index in [1.54, 1.807) is 17.4 Å². The van der Waals surface area contributed by atoms with E-state index in [-0.39, 0.29) is 0 Å². The number of nitrogens with zero attached hydrogens (tertiary/aromatic N) is 3. The minimum Gasteiger partial charge on any atom is -0.370 e. The van der Waals surface area contributed by atoms with Crippen molar-refractivity contribution in [3.8, 4) is 0 Å². The molecule has 154 valence electrons. The molecule has 2 aliphatic rings. The summed E-state index contributed by atoms with van der Waals surface area (Å²) >= 11 is 7.85. The minimum absolute atomic E-state index is 0.481. The van der Waals surface area contributed by atoms with Crippen molar-refractivity contribution < 1.29 is 0 Å². The third-order valence-corrected chi connectivity index (χ3v) is 6.79. The summed E-state index contributed by atoms with van der Waals surface area (Å²) < 4.78 is 0. The topological polar surface area (TPSA) is 31.4 Å². The molecule has 0 atom stereocenters. The number of rotatable bonds is 5. The Morgan fingerprint density at radius 2 is 1.97 bits per heavy atom. The number of thiophene rings is 1. The van der Waals surface area contributed by atoms with Gasteiger partial charge in [0.05, 0.1) is 33.8 Å². The molecule has 0 bridgehead atoms. The van der Waals surface area contributed by atoms with E-state index < -0.39 is 0 Å². The molecule has 2 aromatic heterocycles. The molecule has 1 saturated heterocycles. The number of piperidine rings is 1. The summed E-state index contributed by atoms with van der Waals surface area (Å²) in [5.41, 5.74) is 4.85. The molecule has 2 aromatic rings. The summed E-state index contributed by atoms with van der Waals surface area (Å²) in [4.78, 5) is 10.9. The lowest BCUT2D eigenvalue weighted by molar-refractivity contribution is 0.578. The molecule has 0 saturated carbocycles. The van der Waals surface area contributed by atoms with Crippen LogP contribution in [0.15, 0.2) is 73.8 Å². The quantitative estimate of drug-likeness (QED) is 0.520. The molecule has 2 aliphatic heterocycles. The normalized spacial score (nSPS) is 16.9. The highest BCUT2D eigenvalue weighted by Gasteiger charge is 2.29. The lowest BCUT2D eigenvalue weighted by Crippen LogP contribution is -2.33. The maximum atomic E-state index is 6.23. The van der Waals surface area contributed by atoms with Crippen LogP contribution in [0.5, 0.6) is 0 Å². The number of fused-ring (bicyclic) bond motifs is 1. The second kappa shape index (κ2) is 8.54. The van der Waals surface area contributed by atoms with Crippen LogP contribution in [0.25, 0.3) is 11.3 Å². The smallest absolute Gasteiger partial charge is 0.108 e. The zero-order chi connectivity index (χ0) is 21.3. The van der Waals surface area contributed by atoms with Gasteiger partial charge in [-0.15, -0.1) is 11.3 Å². The summed E-state index contributed by atoms with van der Waals surface area (Å²) in [7, 11) is 0. The zero-order valence-corrected chi connectivity index (χ0v) is 18.5. The number of hydrogen-bond acceptors (Lipinski definition) is 5. The average Bonchev–Trinajstić information content (AvgIpc) is 3.16. The Morgan fingerprint density at radius 1 is 1.20 bits per heavy atom. The molecular weight excluding hydrogens is 412 g/mol. The zero-order valence-electron chi connectivity index (χ0n) is 17.0. The summed E-state index contributed by atoms with van der Waals surface area (Å²) in [5.74, 6) is 0.752. The molecule has 30 heavy (non-hydrogen) atoms. The third kappa shape index (κ3) is 3.71. The molecule has 1 fully saturated rings. The highest BCUT2D eigenvalue weighted by molar-refractivity contribution is 7.15. The number of hydrogen-bond donors (Lipinski definition) is 1. The van der Waals surface area contributed by atoms with Gasteiger partial charge in [0.15, 0.2) is 0 Å². The van der Waals surface area contributed by atoms with Crippen LogP contribution < -0.4 is 15.1 Å². The van der Waals surface area contributed by atoms with Crippen LogP contribution in [0, 0.1) is 0 Å². The van der Waals surface area contributed by atoms with E-state index in [1.165, 1.54) is 19.3 Å². The largest absolute Gasteiger partial charge is 0.370 e. The Hall–Kier alpha value is -2.76. The molecule has 0 spiro atoms. The Labute approximate surface area is 187 Å². The van der Waals surface area contributed by atoms with Crippen LogP contribution in [-0.2, 0) is 0 Å². The minimum atomic E-state index is 0.481. The van der Waals surface area contributed by atoms with Gasteiger partial charge in [-0.3, -0.25) is 9.88 Å². The van der Waals surface area contributed by atoms with Crippen molar-refractivity contribution in [1.29, 1.82) is 0 Å². The first-order chi connectivity index (χ1) is 14.5. The number of halogens is 1. The molecule has 6 heteroatoms. The summed E-state index contributed by atoms with van der Waals surface area (Å²) in [5, 5.41) is 3.92. The first kappa shape index (κ1) is 20.5. The Balaban J connectivity index is 1.74. The molecular formula is C24H25ClN4S. The van der Waals surface area contributed by atoms with Crippen LogP contribution in [0.3, 0.4) is 0 Å². The Bertz CT molecular complexity index is 1060. The van der Waals surface area contributed by atoms with Crippen molar-refractivity contribution >= 4 is 51.3 Å². The van der Waals surface area contributed by atoms with E-state index in [0.717, 1.165) is 57.0 Å². The van der Waals surface area contributed by atoms with Gasteiger partial charge in [0.1, 0.15) is 5.82 Å². The summed E-state index contributed by atoms with van der Waals surface area (Å²) in [6, 6.07) is 4.14. The Kier molecular flexibility index (Phi) is 5.84. The van der Waals surface area contributed by atoms with Crippen LogP contribution in [0.1, 0.15) is 29.0 Å². The third-order valence-electron chi connectivity index (χ3n) is 5.37. The summed E-state index contributed by atoms with van der Waals surface area (Å²) in [6.45, 7) is 18.5. The standard InChI is InChI=1S/C24H25ClN4S/c1-5-9-19(16(2)25)23-14-20-24(30-23)17(3)29(18(4)27-20)22-15-26-11-10-21(22)28-12-7-6-8-13-28/h5,9-11,14-15,27H,1-4,6-8,12-13H2/b19-9+. The fourth-order valence-corrected chi connectivity index (χ4v) is 5.32. The maximum absolute atomic E-state index is 6.23. The van der Waals surface area contributed by atoms with Gasteiger partial charge in [-0.05, 0) is 31.4 Å². The number of allylic oxidation sites excluding steroid dienone is 4. The highest BCUT2D eigenvalue weighted by Crippen LogP contribution is 2.47. The number of pyridine rings is 1.